The summed E-state index contributed by atoms with van der Waals surface area (Å²) >= 11 is 0. The number of aromatic amines is 1. The Labute approximate surface area is 692 Å². The zero-order chi connectivity index (χ0) is 82.7. The van der Waals surface area contributed by atoms with Crippen LogP contribution in [0.15, 0.2) is 146 Å². The van der Waals surface area contributed by atoms with Gasteiger partial charge in [-0.25, -0.2) is 19.9 Å². The Kier molecular flexibility index (Phi) is 18.7. The third-order valence-corrected chi connectivity index (χ3v) is 24.4. The fourth-order valence-electron chi connectivity index (χ4n) is 17.4. The smallest absolute Gasteiger partial charge is 0.656 e. The number of alkyl halides is 1. The van der Waals surface area contributed by atoms with Gasteiger partial charge in [0, 0.05) is 39.4 Å². The van der Waals surface area contributed by atoms with Gasteiger partial charge in [-0.3, -0.25) is 4.39 Å². The van der Waals surface area contributed by atoms with Gasteiger partial charge in [0.1, 0.15) is 0 Å². The average molecular weight is 1570 g/mol. The summed E-state index contributed by atoms with van der Waals surface area (Å²) in [5.41, 5.74) is 38.6. The number of fused-ring (bicyclic) bond motifs is 20. The summed E-state index contributed by atoms with van der Waals surface area (Å²) in [6, 6.07) is 56.5. The standard InChI is InChI=1S/C53H57N3.C52H54N4.CH3F.Co/c1-28-15-44-38-21-30(50(3,4)5)19-34-35-20-31(51(6,7)8)22-39(37(35)27-36(34)38)45-16-29(2)18-47(55-45)43-26-33(53(12,13)14)24-41-40-23-32(52(9,10)11)25-42(46(17-28)54-44)48(40)56-49(41)43;1-27-15-41-37-23-29(49(3,4)5)19-33-35-21-31(51(9,10)11)25-39(47(35)55-45(33)37)43-17-28(2)18-44(54-43)40-26-32(52(12,13)14)22-36-34-20-30(50(6,7)8)24-38(42(16-27)53-41)46(34)56-48(36)40;1-2;/h15-26,56H,27H2,1-14H3;15-26H,1-14H3;1H3;/q;-2;;+2/i;;1D;. The van der Waals surface area contributed by atoms with E-state index < -0.39 is 7.15 Å². The quantitative estimate of drug-likeness (QED) is 0.163. The SMILES string of the molecule is Cc1cc2nc(c1)-c1cc(C(C)(C)C)cc3c1[nH]c1c(cc(C(C)(C)C)cc13)-c1cc(C)cc(n1)-c1cc(C(C)(C)C)cc3c1Cc1c-2cc(C(C)(C)C)cc1-3.Cc1cc2nc(c1)c1cc(C(C)(C)C)cc3c4cc(C(C)(C)C)cc(c5cc(C)cc(n5)c5cc(C(C)(C)C)cc6c7cc(C(C)(C)C)cc2c7[n-]c56)c4[n-]c13.[2H]CF.[Co+2]. The maximum absolute atomic E-state index is 9.96. The Hall–Kier alpha value is -9.80. The number of pyridine rings is 4. The third-order valence-electron chi connectivity index (χ3n) is 24.4. The van der Waals surface area contributed by atoms with E-state index in [0.717, 1.165) is 150 Å². The number of nitrogens with one attached hydrogen (secondary N) is 1. The molecule has 0 fully saturated rings. The normalized spacial score (nSPS) is 13.5. The summed E-state index contributed by atoms with van der Waals surface area (Å²) in [6.45, 7) is 64.3. The molecule has 1 aliphatic carbocycles. The van der Waals surface area contributed by atoms with Gasteiger partial charge in [-0.1, -0.05) is 227 Å². The van der Waals surface area contributed by atoms with Crippen molar-refractivity contribution in [3.05, 3.63) is 223 Å². The van der Waals surface area contributed by atoms with E-state index in [2.05, 4.69) is 344 Å². The predicted molar refractivity (Wildman–Crippen MR) is 488 cm³/mol. The molecule has 1 aliphatic heterocycles. The molecule has 589 valence electrons. The first-order valence-electron chi connectivity index (χ1n) is 41.7. The number of halogens is 1. The van der Waals surface area contributed by atoms with E-state index in [1.807, 2.05) is 0 Å². The number of hydrogen-bond donors (Lipinski definition) is 1. The van der Waals surface area contributed by atoms with Gasteiger partial charge >= 0.3 is 16.8 Å². The molecule has 16 bridgehead atoms. The molecule has 0 amide bonds. The van der Waals surface area contributed by atoms with Crippen LogP contribution < -0.4 is 9.97 Å². The van der Waals surface area contributed by atoms with Crippen LogP contribution >= 0.6 is 0 Å². The van der Waals surface area contributed by atoms with Crippen LogP contribution in [0.2, 0.25) is 0 Å². The van der Waals surface area contributed by atoms with Crippen molar-refractivity contribution in [2.45, 2.75) is 244 Å². The summed E-state index contributed by atoms with van der Waals surface area (Å²) in [5.74, 6) is 0. The molecule has 8 aromatic carbocycles. The van der Waals surface area contributed by atoms with Crippen LogP contribution in [-0.2, 0) is 66.5 Å². The van der Waals surface area contributed by atoms with Crippen molar-refractivity contribution in [2.75, 3.05) is 7.15 Å². The second-order valence-corrected chi connectivity index (χ2v) is 41.9. The van der Waals surface area contributed by atoms with E-state index in [4.69, 9.17) is 31.3 Å². The zero-order valence-electron chi connectivity index (χ0n) is 74.2. The van der Waals surface area contributed by atoms with Crippen molar-refractivity contribution in [1.82, 2.24) is 34.9 Å². The minimum atomic E-state index is -1.00. The second-order valence-electron chi connectivity index (χ2n) is 41.9. The largest absolute Gasteiger partial charge is 2.00 e. The molecule has 0 unspecified atom stereocenters. The number of aromatic nitrogens is 7. The fraction of sp³-hybridized carbons (Fsp3) is 0.358. The molecule has 0 saturated carbocycles. The molecule has 8 aromatic heterocycles. The molecule has 0 spiro atoms. The Bertz CT molecular complexity index is 6250. The molecule has 7 nitrogen and oxygen atoms in total. The van der Waals surface area contributed by atoms with Crippen molar-refractivity contribution in [1.29, 1.82) is 0 Å². The van der Waals surface area contributed by atoms with Gasteiger partial charge < -0.3 is 15.0 Å². The van der Waals surface area contributed by atoms with Crippen LogP contribution in [0, 0.1) is 27.7 Å². The maximum Gasteiger partial charge on any atom is 2.00 e. The molecule has 16 aromatic rings. The molecule has 9 heteroatoms. The molecule has 115 heavy (non-hydrogen) atoms. The number of rotatable bonds is 0. The first-order chi connectivity index (χ1) is 53.5. The first-order valence-corrected chi connectivity index (χ1v) is 41.0. The van der Waals surface area contributed by atoms with Crippen LogP contribution in [0.5, 0.6) is 0 Å². The van der Waals surface area contributed by atoms with Crippen LogP contribution in [-0.4, -0.2) is 32.1 Å². The Morgan fingerprint density at radius 1 is 0.270 bits per heavy atom. The van der Waals surface area contributed by atoms with E-state index >= 15 is 0 Å². The molecule has 1 radical (unpaired) electrons. The van der Waals surface area contributed by atoms with E-state index in [0.29, 0.717) is 0 Å². The van der Waals surface area contributed by atoms with Gasteiger partial charge in [0.2, 0.25) is 0 Å². The van der Waals surface area contributed by atoms with Crippen molar-refractivity contribution >= 4 is 109 Å². The summed E-state index contributed by atoms with van der Waals surface area (Å²) in [7, 11) is -1.00. The van der Waals surface area contributed by atoms with Gasteiger partial charge in [0.25, 0.3) is 0 Å². The number of benzene rings is 8. The van der Waals surface area contributed by atoms with E-state index in [1.54, 1.807) is 0 Å². The third kappa shape index (κ3) is 14.1. The fourth-order valence-corrected chi connectivity index (χ4v) is 17.4. The number of hydrogen-bond acceptors (Lipinski definition) is 4. The van der Waals surface area contributed by atoms with E-state index in [9.17, 15) is 4.39 Å². The number of H-pyrrole nitrogens is 1. The topological polar surface area (TPSA) is 95.5 Å². The summed E-state index contributed by atoms with van der Waals surface area (Å²) < 4.78 is 15.5. The van der Waals surface area contributed by atoms with Crippen LogP contribution in [0.25, 0.3) is 165 Å². The Morgan fingerprint density at radius 2 is 0.470 bits per heavy atom. The summed E-state index contributed by atoms with van der Waals surface area (Å²) in [4.78, 5) is 37.8. The maximum atomic E-state index is 9.96. The number of aryl methyl sites for hydroxylation is 4. The average Bonchev–Trinajstić information content (AvgIpc) is 1.58. The number of nitrogens with zero attached hydrogens (tertiary/aromatic N) is 6. The van der Waals surface area contributed by atoms with Gasteiger partial charge in [-0.05, 0) is 288 Å². The second kappa shape index (κ2) is 27.1. The van der Waals surface area contributed by atoms with Gasteiger partial charge in [-0.15, -0.1) is 22.1 Å². The Balaban J connectivity index is 0.000000175. The molecule has 18 rings (SSSR count). The van der Waals surface area contributed by atoms with Crippen molar-refractivity contribution in [2.24, 2.45) is 0 Å². The van der Waals surface area contributed by atoms with Crippen LogP contribution in [0.1, 0.15) is 245 Å². The van der Waals surface area contributed by atoms with Crippen molar-refractivity contribution in [3.8, 4) is 56.2 Å². The van der Waals surface area contributed by atoms with Crippen molar-refractivity contribution < 1.29 is 22.5 Å². The van der Waals surface area contributed by atoms with E-state index in [1.165, 1.54) is 99.8 Å². The monoisotopic (exact) mass is 1560 g/mol. The minimum absolute atomic E-state index is 0. The summed E-state index contributed by atoms with van der Waals surface area (Å²) in [6.07, 6.45) is 0.839. The predicted octanol–water partition coefficient (Wildman–Crippen LogP) is 29.0. The van der Waals surface area contributed by atoms with E-state index in [-0.39, 0.29) is 60.1 Å². The van der Waals surface area contributed by atoms with Crippen LogP contribution in [0.4, 0.5) is 4.39 Å². The molecular formula is C106H114CoFN7. The zero-order valence-corrected chi connectivity index (χ0v) is 74.2. The molecule has 1 N–H and O–H groups in total. The van der Waals surface area contributed by atoms with Crippen molar-refractivity contribution in [3.63, 3.8) is 0 Å². The van der Waals surface area contributed by atoms with Crippen LogP contribution in [0.3, 0.4) is 0 Å². The molecule has 0 atom stereocenters. The van der Waals surface area contributed by atoms with Gasteiger partial charge in [0.05, 0.1) is 64.4 Å². The molecular weight excluding hydrogens is 1450 g/mol. The Morgan fingerprint density at radius 3 is 0.730 bits per heavy atom. The van der Waals surface area contributed by atoms with Gasteiger partial charge in [0.15, 0.2) is 0 Å². The molecule has 2 aliphatic rings. The first kappa shape index (κ1) is 79.1. The molecule has 9 heterocycles. The minimum Gasteiger partial charge on any atom is -0.656 e. The molecule has 0 saturated heterocycles. The summed E-state index contributed by atoms with van der Waals surface area (Å²) in [5, 5.41) is 11.4. The van der Waals surface area contributed by atoms with Gasteiger partial charge in [-0.2, -0.15) is 0 Å².